The Morgan fingerprint density at radius 1 is 1.35 bits per heavy atom. The Kier molecular flexibility index (Phi) is 4.42. The fraction of sp³-hybridized carbons (Fsp3) is 0.500. The maximum atomic E-state index is 12.0. The lowest BCUT2D eigenvalue weighted by molar-refractivity contribution is -0.147. The summed E-state index contributed by atoms with van der Waals surface area (Å²) in [6, 6.07) is 7.58. The van der Waals surface area contributed by atoms with E-state index in [0.29, 0.717) is 12.5 Å². The summed E-state index contributed by atoms with van der Waals surface area (Å²) < 4.78 is 10.4. The Balaban J connectivity index is 1.97. The summed E-state index contributed by atoms with van der Waals surface area (Å²) >= 11 is 0. The van der Waals surface area contributed by atoms with Crippen LogP contribution in [0.5, 0.6) is 5.75 Å². The average molecular weight is 275 g/mol. The zero-order valence-electron chi connectivity index (χ0n) is 12.3. The number of rotatable bonds is 6. The van der Waals surface area contributed by atoms with Gasteiger partial charge in [0.15, 0.2) is 5.54 Å². The van der Waals surface area contributed by atoms with E-state index < -0.39 is 5.54 Å². The van der Waals surface area contributed by atoms with Crippen LogP contribution in [-0.4, -0.2) is 31.4 Å². The van der Waals surface area contributed by atoms with Gasteiger partial charge in [-0.05, 0) is 48.6 Å². The molecule has 0 unspecified atom stereocenters. The number of benzene rings is 1. The molecule has 108 valence electrons. The Bertz CT molecular complexity index is 487. The lowest BCUT2D eigenvalue weighted by Crippen LogP contribution is -2.25. The number of ether oxygens (including phenoxy) is 2. The van der Waals surface area contributed by atoms with E-state index in [1.165, 1.54) is 0 Å². The zero-order valence-corrected chi connectivity index (χ0v) is 12.3. The standard InChI is InChI=1S/C16H21NO3/c1-12(2)11-20-15(18)16(8-9-16)17-10-13-4-6-14(19-3)7-5-13/h4-7,10,12H,8-9,11H2,1-3H3. The van der Waals surface area contributed by atoms with Crippen LogP contribution in [-0.2, 0) is 9.53 Å². The molecule has 1 aromatic rings. The molecule has 2 rings (SSSR count). The summed E-state index contributed by atoms with van der Waals surface area (Å²) in [5.41, 5.74) is 0.322. The molecular formula is C16H21NO3. The normalized spacial score (nSPS) is 16.4. The van der Waals surface area contributed by atoms with E-state index in [1.54, 1.807) is 13.3 Å². The molecular weight excluding hydrogens is 254 g/mol. The third-order valence-electron chi connectivity index (χ3n) is 3.23. The molecule has 0 bridgehead atoms. The van der Waals surface area contributed by atoms with Crippen LogP contribution in [0.25, 0.3) is 0 Å². The first-order valence-electron chi connectivity index (χ1n) is 6.92. The first-order valence-corrected chi connectivity index (χ1v) is 6.92. The third-order valence-corrected chi connectivity index (χ3v) is 3.23. The van der Waals surface area contributed by atoms with Crippen molar-refractivity contribution in [1.29, 1.82) is 0 Å². The summed E-state index contributed by atoms with van der Waals surface area (Å²) in [4.78, 5) is 16.4. The van der Waals surface area contributed by atoms with E-state index in [1.807, 2.05) is 38.1 Å². The van der Waals surface area contributed by atoms with E-state index in [9.17, 15) is 4.79 Å². The summed E-state index contributed by atoms with van der Waals surface area (Å²) in [5.74, 6) is 0.955. The van der Waals surface area contributed by atoms with Gasteiger partial charge in [0.2, 0.25) is 0 Å². The fourth-order valence-corrected chi connectivity index (χ4v) is 1.77. The van der Waals surface area contributed by atoms with Gasteiger partial charge >= 0.3 is 5.97 Å². The number of esters is 1. The van der Waals surface area contributed by atoms with Crippen molar-refractivity contribution in [3.8, 4) is 5.75 Å². The predicted molar refractivity (Wildman–Crippen MR) is 78.4 cm³/mol. The smallest absolute Gasteiger partial charge is 0.334 e. The maximum absolute atomic E-state index is 12.0. The third kappa shape index (κ3) is 3.59. The first kappa shape index (κ1) is 14.6. The summed E-state index contributed by atoms with van der Waals surface area (Å²) in [7, 11) is 1.63. The van der Waals surface area contributed by atoms with Gasteiger partial charge < -0.3 is 9.47 Å². The molecule has 1 aliphatic rings. The van der Waals surface area contributed by atoms with Gasteiger partial charge in [-0.25, -0.2) is 4.79 Å². The molecule has 0 heterocycles. The molecule has 1 aliphatic carbocycles. The number of carbonyl (C=O) groups is 1. The van der Waals surface area contributed by atoms with Crippen LogP contribution >= 0.6 is 0 Å². The molecule has 4 nitrogen and oxygen atoms in total. The topological polar surface area (TPSA) is 47.9 Å². The Morgan fingerprint density at radius 2 is 2.00 bits per heavy atom. The molecule has 0 saturated heterocycles. The highest BCUT2D eigenvalue weighted by Gasteiger charge is 2.51. The van der Waals surface area contributed by atoms with Crippen molar-refractivity contribution in [2.75, 3.05) is 13.7 Å². The minimum Gasteiger partial charge on any atom is -0.497 e. The van der Waals surface area contributed by atoms with E-state index in [-0.39, 0.29) is 5.97 Å². The van der Waals surface area contributed by atoms with Crippen LogP contribution in [0.3, 0.4) is 0 Å². The molecule has 4 heteroatoms. The Morgan fingerprint density at radius 3 is 2.50 bits per heavy atom. The second-order valence-electron chi connectivity index (χ2n) is 5.56. The summed E-state index contributed by atoms with van der Waals surface area (Å²) in [6.45, 7) is 4.50. The summed E-state index contributed by atoms with van der Waals surface area (Å²) in [6.07, 6.45) is 3.29. The minimum absolute atomic E-state index is 0.198. The quantitative estimate of drug-likeness (QED) is 0.592. The van der Waals surface area contributed by atoms with Gasteiger partial charge in [-0.15, -0.1) is 0 Å². The van der Waals surface area contributed by atoms with E-state index in [0.717, 1.165) is 24.2 Å². The van der Waals surface area contributed by atoms with E-state index in [2.05, 4.69) is 4.99 Å². The average Bonchev–Trinajstić information content (AvgIpc) is 3.24. The summed E-state index contributed by atoms with van der Waals surface area (Å²) in [5, 5.41) is 0. The van der Waals surface area contributed by atoms with Crippen LogP contribution in [0.2, 0.25) is 0 Å². The highest BCUT2D eigenvalue weighted by Crippen LogP contribution is 2.41. The van der Waals surface area contributed by atoms with Gasteiger partial charge in [0.25, 0.3) is 0 Å². The van der Waals surface area contributed by atoms with E-state index in [4.69, 9.17) is 9.47 Å². The van der Waals surface area contributed by atoms with Crippen molar-refractivity contribution in [3.05, 3.63) is 29.8 Å². The van der Waals surface area contributed by atoms with Crippen molar-refractivity contribution in [1.82, 2.24) is 0 Å². The van der Waals surface area contributed by atoms with Gasteiger partial charge in [-0.1, -0.05) is 13.8 Å². The zero-order chi connectivity index (χ0) is 14.6. The molecule has 0 spiro atoms. The van der Waals surface area contributed by atoms with Crippen LogP contribution in [0, 0.1) is 5.92 Å². The van der Waals surface area contributed by atoms with Gasteiger partial charge in [0.1, 0.15) is 5.75 Å². The number of hydrogen-bond acceptors (Lipinski definition) is 4. The number of nitrogens with zero attached hydrogens (tertiary/aromatic N) is 1. The fourth-order valence-electron chi connectivity index (χ4n) is 1.77. The second-order valence-corrected chi connectivity index (χ2v) is 5.56. The van der Waals surface area contributed by atoms with Crippen LogP contribution in [0.15, 0.2) is 29.3 Å². The molecule has 0 aromatic heterocycles. The number of carbonyl (C=O) groups excluding carboxylic acids is 1. The monoisotopic (exact) mass is 275 g/mol. The van der Waals surface area contributed by atoms with Crippen molar-refractivity contribution in [2.45, 2.75) is 32.2 Å². The van der Waals surface area contributed by atoms with Crippen molar-refractivity contribution >= 4 is 12.2 Å². The minimum atomic E-state index is -0.630. The molecule has 0 radical (unpaired) electrons. The van der Waals surface area contributed by atoms with Crippen LogP contribution in [0.4, 0.5) is 0 Å². The number of methoxy groups -OCH3 is 1. The molecule has 1 aromatic carbocycles. The Hall–Kier alpha value is -1.84. The lowest BCUT2D eigenvalue weighted by Gasteiger charge is -2.11. The predicted octanol–water partition coefficient (Wildman–Crippen LogP) is 2.85. The van der Waals surface area contributed by atoms with Crippen molar-refractivity contribution in [2.24, 2.45) is 10.9 Å². The molecule has 1 fully saturated rings. The van der Waals surface area contributed by atoms with Crippen molar-refractivity contribution in [3.63, 3.8) is 0 Å². The van der Waals surface area contributed by atoms with Gasteiger partial charge in [-0.3, -0.25) is 4.99 Å². The SMILES string of the molecule is COc1ccc(C=NC2(C(=O)OCC(C)C)CC2)cc1. The maximum Gasteiger partial charge on any atom is 0.334 e. The lowest BCUT2D eigenvalue weighted by atomic mass is 10.2. The molecule has 1 saturated carbocycles. The highest BCUT2D eigenvalue weighted by atomic mass is 16.5. The van der Waals surface area contributed by atoms with Crippen molar-refractivity contribution < 1.29 is 14.3 Å². The van der Waals surface area contributed by atoms with Gasteiger partial charge in [0, 0.05) is 6.21 Å². The van der Waals surface area contributed by atoms with Crippen LogP contribution < -0.4 is 4.74 Å². The molecule has 0 N–H and O–H groups in total. The number of hydrogen-bond donors (Lipinski definition) is 0. The van der Waals surface area contributed by atoms with Gasteiger partial charge in [0.05, 0.1) is 13.7 Å². The van der Waals surface area contributed by atoms with Crippen LogP contribution in [0.1, 0.15) is 32.3 Å². The highest BCUT2D eigenvalue weighted by molar-refractivity contribution is 5.89. The molecule has 20 heavy (non-hydrogen) atoms. The molecule has 0 amide bonds. The first-order chi connectivity index (χ1) is 9.55. The van der Waals surface area contributed by atoms with E-state index >= 15 is 0 Å². The largest absolute Gasteiger partial charge is 0.497 e. The number of aliphatic imine (C=N–C) groups is 1. The second kappa shape index (κ2) is 6.07. The molecule has 0 aliphatic heterocycles. The Labute approximate surface area is 119 Å². The van der Waals surface area contributed by atoms with Gasteiger partial charge in [-0.2, -0.15) is 0 Å². The molecule has 0 atom stereocenters.